The van der Waals surface area contributed by atoms with Gasteiger partial charge >= 0.3 is 0 Å². The van der Waals surface area contributed by atoms with E-state index >= 15 is 0 Å². The number of anilines is 1. The van der Waals surface area contributed by atoms with Crippen LogP contribution in [0, 0.1) is 23.1 Å². The molecule has 4 heterocycles. The van der Waals surface area contributed by atoms with Crippen molar-refractivity contribution in [2.75, 3.05) is 12.4 Å². The molecule has 2 bridgehead atoms. The summed E-state index contributed by atoms with van der Waals surface area (Å²) in [5.74, 6) is 1.36. The van der Waals surface area contributed by atoms with Crippen molar-refractivity contribution in [1.82, 2.24) is 19.7 Å². The molecule has 3 aromatic heterocycles. The maximum absolute atomic E-state index is 14.3. The first kappa shape index (κ1) is 21.3. The van der Waals surface area contributed by atoms with Gasteiger partial charge in [0.05, 0.1) is 11.4 Å². The summed E-state index contributed by atoms with van der Waals surface area (Å²) >= 11 is 0. The van der Waals surface area contributed by atoms with Crippen molar-refractivity contribution < 1.29 is 9.13 Å². The fraction of sp³-hybridized carbons (Fsp3) is 0.259. The highest BCUT2D eigenvalue weighted by Crippen LogP contribution is 2.39. The largest absolute Gasteiger partial charge is 0.485 e. The molecule has 1 N–H and O–H groups in total. The van der Waals surface area contributed by atoms with E-state index in [0.29, 0.717) is 35.2 Å². The van der Waals surface area contributed by atoms with Crippen LogP contribution in [-0.4, -0.2) is 26.8 Å². The van der Waals surface area contributed by atoms with Gasteiger partial charge in [-0.15, -0.1) is 0 Å². The second kappa shape index (κ2) is 8.51. The molecule has 4 aromatic rings. The Morgan fingerprint density at radius 3 is 2.89 bits per heavy atom. The highest BCUT2D eigenvalue weighted by atomic mass is 19.1. The molecular weight excluding hydrogens is 443 g/mol. The number of rotatable bonds is 3. The lowest BCUT2D eigenvalue weighted by atomic mass is 9.94. The maximum atomic E-state index is 14.3. The molecule has 1 aliphatic heterocycles. The van der Waals surface area contributed by atoms with Crippen LogP contribution < -0.4 is 10.1 Å². The van der Waals surface area contributed by atoms with Crippen LogP contribution in [-0.2, 0) is 19.6 Å². The number of fused-ring (bicyclic) bond motifs is 7. The summed E-state index contributed by atoms with van der Waals surface area (Å²) in [6.45, 7) is 0.913. The molecule has 0 saturated heterocycles. The predicted molar refractivity (Wildman–Crippen MR) is 129 cm³/mol. The van der Waals surface area contributed by atoms with Gasteiger partial charge in [-0.1, -0.05) is 6.07 Å². The van der Waals surface area contributed by atoms with Crippen LogP contribution in [0.2, 0.25) is 0 Å². The van der Waals surface area contributed by atoms with E-state index in [4.69, 9.17) is 9.84 Å². The van der Waals surface area contributed by atoms with Crippen LogP contribution in [0.15, 0.2) is 48.8 Å². The molecule has 0 radical (unpaired) electrons. The normalized spacial score (nSPS) is 14.3. The number of hydrogen-bond donors (Lipinski definition) is 1. The molecule has 2 aliphatic rings. The Kier molecular flexibility index (Phi) is 5.18. The Bertz CT molecular complexity index is 1480. The number of hydrogen-bond acceptors (Lipinski definition) is 6. The minimum atomic E-state index is -0.340. The smallest absolute Gasteiger partial charge is 0.168 e. The highest BCUT2D eigenvalue weighted by Gasteiger charge is 2.28. The zero-order chi connectivity index (χ0) is 23.9. The van der Waals surface area contributed by atoms with Gasteiger partial charge in [0, 0.05) is 54.7 Å². The molecule has 174 valence electrons. The van der Waals surface area contributed by atoms with Crippen LogP contribution in [0.4, 0.5) is 10.2 Å². The van der Waals surface area contributed by atoms with E-state index in [2.05, 4.69) is 21.4 Å². The maximum Gasteiger partial charge on any atom is 0.168 e. The third kappa shape index (κ3) is 3.89. The van der Waals surface area contributed by atoms with Crippen LogP contribution >= 0.6 is 0 Å². The zero-order valence-electron chi connectivity index (χ0n) is 19.3. The molecular formula is C27H23FN6O. The van der Waals surface area contributed by atoms with Crippen molar-refractivity contribution in [3.63, 3.8) is 0 Å². The molecule has 8 heteroatoms. The summed E-state index contributed by atoms with van der Waals surface area (Å²) in [6, 6.07) is 12.8. The Morgan fingerprint density at radius 2 is 2.09 bits per heavy atom. The number of ether oxygens (including phenoxy) is 1. The van der Waals surface area contributed by atoms with E-state index in [-0.39, 0.29) is 12.4 Å². The van der Waals surface area contributed by atoms with Gasteiger partial charge in [-0.2, -0.15) is 10.4 Å². The van der Waals surface area contributed by atoms with E-state index in [1.165, 1.54) is 25.0 Å². The molecule has 1 aromatic carbocycles. The molecule has 0 atom stereocenters. The van der Waals surface area contributed by atoms with E-state index in [1.807, 2.05) is 22.9 Å². The lowest BCUT2D eigenvalue weighted by Gasteiger charge is -2.18. The Labute approximate surface area is 202 Å². The number of aromatic nitrogens is 4. The van der Waals surface area contributed by atoms with Crippen molar-refractivity contribution in [3.8, 4) is 34.3 Å². The van der Waals surface area contributed by atoms with Gasteiger partial charge in [0.15, 0.2) is 17.3 Å². The average Bonchev–Trinajstić information content (AvgIpc) is 3.63. The van der Waals surface area contributed by atoms with Gasteiger partial charge in [-0.3, -0.25) is 9.67 Å². The Morgan fingerprint density at radius 1 is 1.20 bits per heavy atom. The topological polar surface area (TPSA) is 88.7 Å². The summed E-state index contributed by atoms with van der Waals surface area (Å²) in [7, 11) is 1.78. The van der Waals surface area contributed by atoms with Gasteiger partial charge < -0.3 is 10.1 Å². The number of nitrogens with one attached hydrogen (secondary N) is 1. The summed E-state index contributed by atoms with van der Waals surface area (Å²) in [6.07, 6.45) is 6.32. The van der Waals surface area contributed by atoms with Crippen LogP contribution in [0.3, 0.4) is 0 Å². The Hall–Kier alpha value is -4.25. The summed E-state index contributed by atoms with van der Waals surface area (Å²) in [4.78, 5) is 9.25. The van der Waals surface area contributed by atoms with Gasteiger partial charge in [0.25, 0.3) is 0 Å². The van der Waals surface area contributed by atoms with Crippen molar-refractivity contribution in [1.29, 1.82) is 5.26 Å². The van der Waals surface area contributed by atoms with Crippen molar-refractivity contribution in [2.45, 2.75) is 32.4 Å². The zero-order valence-corrected chi connectivity index (χ0v) is 19.3. The molecule has 1 aliphatic carbocycles. The second-order valence-electron chi connectivity index (χ2n) is 9.01. The first-order valence-electron chi connectivity index (χ1n) is 11.7. The van der Waals surface area contributed by atoms with Gasteiger partial charge in [0.2, 0.25) is 0 Å². The first-order valence-corrected chi connectivity index (χ1v) is 11.7. The predicted octanol–water partition coefficient (Wildman–Crippen LogP) is 4.95. The number of nitrogens with zero attached hydrogens (tertiary/aromatic N) is 5. The first-order chi connectivity index (χ1) is 17.1. The van der Waals surface area contributed by atoms with Gasteiger partial charge in [0.1, 0.15) is 18.5 Å². The van der Waals surface area contributed by atoms with Crippen LogP contribution in [0.5, 0.6) is 5.75 Å². The van der Waals surface area contributed by atoms with Gasteiger partial charge in [-0.05, 0) is 54.7 Å². The van der Waals surface area contributed by atoms with Crippen LogP contribution in [0.25, 0.3) is 22.5 Å². The molecule has 0 unspecified atom stereocenters. The fourth-order valence-electron chi connectivity index (χ4n) is 4.71. The quantitative estimate of drug-likeness (QED) is 0.460. The fourth-order valence-corrected chi connectivity index (χ4v) is 4.71. The molecule has 6 rings (SSSR count). The minimum absolute atomic E-state index is 0.153. The number of halogens is 1. The summed E-state index contributed by atoms with van der Waals surface area (Å²) < 4.78 is 22.4. The summed E-state index contributed by atoms with van der Waals surface area (Å²) in [5, 5.41) is 17.8. The second-order valence-corrected chi connectivity index (χ2v) is 9.01. The molecule has 1 saturated carbocycles. The monoisotopic (exact) mass is 466 g/mol. The lowest BCUT2D eigenvalue weighted by Crippen LogP contribution is -2.08. The number of benzene rings is 1. The highest BCUT2D eigenvalue weighted by molar-refractivity contribution is 5.73. The van der Waals surface area contributed by atoms with Crippen molar-refractivity contribution >= 4 is 5.82 Å². The SMILES string of the molecule is CNc1ncc2cc1OCc1cc(F)ccc1-c1ncccc1Cc1c(C#N)nn(CC3CC3)c1-2. The van der Waals surface area contributed by atoms with E-state index in [0.717, 1.165) is 40.2 Å². The third-order valence-electron chi connectivity index (χ3n) is 6.61. The van der Waals surface area contributed by atoms with E-state index < -0.39 is 0 Å². The number of pyridine rings is 2. The summed E-state index contributed by atoms with van der Waals surface area (Å²) in [5.41, 5.74) is 6.09. The van der Waals surface area contributed by atoms with E-state index in [1.54, 1.807) is 25.5 Å². The number of nitriles is 1. The van der Waals surface area contributed by atoms with E-state index in [9.17, 15) is 9.65 Å². The van der Waals surface area contributed by atoms with Crippen LogP contribution in [0.1, 0.15) is 35.2 Å². The molecule has 7 nitrogen and oxygen atoms in total. The lowest BCUT2D eigenvalue weighted by molar-refractivity contribution is 0.306. The average molecular weight is 467 g/mol. The molecule has 1 fully saturated rings. The van der Waals surface area contributed by atoms with Gasteiger partial charge in [-0.25, -0.2) is 9.37 Å². The Balaban J connectivity index is 1.62. The van der Waals surface area contributed by atoms with Crippen molar-refractivity contribution in [2.24, 2.45) is 5.92 Å². The minimum Gasteiger partial charge on any atom is -0.485 e. The molecule has 35 heavy (non-hydrogen) atoms. The molecule has 0 amide bonds. The standard InChI is InChI=1S/C27H23FN6O/c1-30-27-24-11-18(13-32-27)26-22(23(12-29)33-34(26)14-16-4-5-16)10-17-3-2-8-31-25(17)21-7-6-20(28)9-19(21)15-35-24/h2-3,6-9,11,13,16H,4-5,10,14-15H2,1H3,(H,30,32). The van der Waals surface area contributed by atoms with Crippen molar-refractivity contribution in [3.05, 3.63) is 77.0 Å². The molecule has 0 spiro atoms. The third-order valence-corrected chi connectivity index (χ3v) is 6.61.